The van der Waals surface area contributed by atoms with Crippen molar-refractivity contribution >= 4 is 5.69 Å². The average molecular weight is 243 g/mol. The molecule has 1 heteroatoms. The van der Waals surface area contributed by atoms with E-state index >= 15 is 0 Å². The summed E-state index contributed by atoms with van der Waals surface area (Å²) in [6.07, 6.45) is 8.29. The van der Waals surface area contributed by atoms with E-state index in [0.29, 0.717) is 11.5 Å². The van der Waals surface area contributed by atoms with Crippen molar-refractivity contribution in [3.63, 3.8) is 0 Å². The molecule has 18 heavy (non-hydrogen) atoms. The summed E-state index contributed by atoms with van der Waals surface area (Å²) in [5.41, 5.74) is 6.32. The van der Waals surface area contributed by atoms with Crippen LogP contribution in [0.5, 0.6) is 0 Å². The summed E-state index contributed by atoms with van der Waals surface area (Å²) >= 11 is 0. The predicted molar refractivity (Wildman–Crippen MR) is 78.4 cm³/mol. The normalized spacial score (nSPS) is 25.6. The van der Waals surface area contributed by atoms with Crippen LogP contribution in [-0.4, -0.2) is 5.54 Å². The fourth-order valence-electron chi connectivity index (χ4n) is 4.20. The third-order valence-electron chi connectivity index (χ3n) is 5.06. The van der Waals surface area contributed by atoms with Gasteiger partial charge in [0.1, 0.15) is 0 Å². The van der Waals surface area contributed by atoms with Crippen molar-refractivity contribution in [3.05, 3.63) is 28.8 Å². The Morgan fingerprint density at radius 2 is 1.72 bits per heavy atom. The first-order valence-electron chi connectivity index (χ1n) is 7.50. The molecule has 0 saturated heterocycles. The van der Waals surface area contributed by atoms with Crippen LogP contribution >= 0.6 is 0 Å². The van der Waals surface area contributed by atoms with E-state index in [1.54, 1.807) is 5.56 Å². The van der Waals surface area contributed by atoms with Crippen LogP contribution in [-0.2, 0) is 0 Å². The molecule has 1 heterocycles. The maximum absolute atomic E-state index is 3.95. The van der Waals surface area contributed by atoms with Crippen LogP contribution in [0, 0.1) is 13.8 Å². The second kappa shape index (κ2) is 4.29. The Bertz CT molecular complexity index is 455. The van der Waals surface area contributed by atoms with Crippen molar-refractivity contribution in [3.8, 4) is 0 Å². The zero-order valence-electron chi connectivity index (χ0n) is 12.0. The standard InChI is InChI=1S/C17H25N/c1-12-7-8-13(2)16-15(12)14(3)11-17(18-16)9-5-4-6-10-17/h7-8,14,18H,4-6,9-11H2,1-3H3/t14-/m1/s1. The Hall–Kier alpha value is -0.980. The first-order chi connectivity index (χ1) is 8.61. The highest BCUT2D eigenvalue weighted by Crippen LogP contribution is 2.47. The Balaban J connectivity index is 2.03. The van der Waals surface area contributed by atoms with Gasteiger partial charge in [-0.25, -0.2) is 0 Å². The highest BCUT2D eigenvalue weighted by molar-refractivity contribution is 5.64. The highest BCUT2D eigenvalue weighted by atomic mass is 15.0. The zero-order chi connectivity index (χ0) is 12.8. The third kappa shape index (κ3) is 1.84. The Morgan fingerprint density at radius 3 is 2.44 bits per heavy atom. The molecule has 1 nitrogen and oxygen atoms in total. The first-order valence-corrected chi connectivity index (χ1v) is 7.50. The lowest BCUT2D eigenvalue weighted by atomic mass is 9.70. The van der Waals surface area contributed by atoms with Crippen LogP contribution in [0.2, 0.25) is 0 Å². The maximum Gasteiger partial charge on any atom is 0.0412 e. The summed E-state index contributed by atoms with van der Waals surface area (Å²) in [5, 5.41) is 3.95. The summed E-state index contributed by atoms with van der Waals surface area (Å²) < 4.78 is 0. The average Bonchev–Trinajstić information content (AvgIpc) is 2.34. The van der Waals surface area contributed by atoms with E-state index in [4.69, 9.17) is 0 Å². The molecular weight excluding hydrogens is 218 g/mol. The van der Waals surface area contributed by atoms with Crippen LogP contribution < -0.4 is 5.32 Å². The molecule has 98 valence electrons. The van der Waals surface area contributed by atoms with Gasteiger partial charge in [-0.15, -0.1) is 0 Å². The number of fused-ring (bicyclic) bond motifs is 1. The number of hydrogen-bond acceptors (Lipinski definition) is 1. The van der Waals surface area contributed by atoms with E-state index in [1.807, 2.05) is 0 Å². The molecule has 1 aliphatic heterocycles. The minimum absolute atomic E-state index is 0.406. The van der Waals surface area contributed by atoms with Gasteiger partial charge in [-0.2, -0.15) is 0 Å². The summed E-state index contributed by atoms with van der Waals surface area (Å²) in [5.74, 6) is 0.708. The van der Waals surface area contributed by atoms with Gasteiger partial charge in [-0.3, -0.25) is 0 Å². The molecular formula is C17H25N. The quantitative estimate of drug-likeness (QED) is 0.681. The molecule has 1 fully saturated rings. The minimum Gasteiger partial charge on any atom is -0.379 e. The van der Waals surface area contributed by atoms with Crippen LogP contribution in [0.3, 0.4) is 0 Å². The molecule has 1 spiro atoms. The molecule has 0 amide bonds. The number of aryl methyl sites for hydroxylation is 2. The Morgan fingerprint density at radius 1 is 1.06 bits per heavy atom. The van der Waals surface area contributed by atoms with Crippen molar-refractivity contribution in [1.82, 2.24) is 0 Å². The molecule has 3 rings (SSSR count). The summed E-state index contributed by atoms with van der Waals surface area (Å²) in [7, 11) is 0. The number of hydrogen-bond donors (Lipinski definition) is 1. The van der Waals surface area contributed by atoms with Crippen molar-refractivity contribution in [2.24, 2.45) is 0 Å². The smallest absolute Gasteiger partial charge is 0.0412 e. The van der Waals surface area contributed by atoms with Gasteiger partial charge in [0.05, 0.1) is 0 Å². The van der Waals surface area contributed by atoms with Crippen LogP contribution in [0.25, 0.3) is 0 Å². The van der Waals surface area contributed by atoms with E-state index in [2.05, 4.69) is 38.2 Å². The summed E-state index contributed by atoms with van der Waals surface area (Å²) in [6.45, 7) is 6.93. The molecule has 2 aliphatic rings. The summed E-state index contributed by atoms with van der Waals surface area (Å²) in [4.78, 5) is 0. The largest absolute Gasteiger partial charge is 0.379 e. The van der Waals surface area contributed by atoms with Crippen LogP contribution in [0.1, 0.15) is 68.1 Å². The van der Waals surface area contributed by atoms with Gasteiger partial charge in [0, 0.05) is 11.2 Å². The Labute approximate surface area is 111 Å². The Kier molecular flexibility index (Phi) is 2.88. The summed E-state index contributed by atoms with van der Waals surface area (Å²) in [6, 6.07) is 4.56. The van der Waals surface area contributed by atoms with E-state index in [-0.39, 0.29) is 0 Å². The van der Waals surface area contributed by atoms with Gasteiger partial charge in [-0.05, 0) is 55.7 Å². The van der Waals surface area contributed by atoms with Gasteiger partial charge in [-0.1, -0.05) is 38.3 Å². The van der Waals surface area contributed by atoms with Crippen LogP contribution in [0.15, 0.2) is 12.1 Å². The predicted octanol–water partition coefficient (Wildman–Crippen LogP) is 4.93. The first kappa shape index (κ1) is 12.1. The molecule has 1 aromatic carbocycles. The lowest BCUT2D eigenvalue weighted by Crippen LogP contribution is -2.44. The van der Waals surface area contributed by atoms with Crippen molar-refractivity contribution in [2.45, 2.75) is 70.8 Å². The van der Waals surface area contributed by atoms with Gasteiger partial charge < -0.3 is 5.32 Å². The van der Waals surface area contributed by atoms with E-state index in [1.165, 1.54) is 55.3 Å². The molecule has 0 bridgehead atoms. The van der Waals surface area contributed by atoms with Gasteiger partial charge in [0.15, 0.2) is 0 Å². The molecule has 1 aliphatic carbocycles. The number of nitrogens with one attached hydrogen (secondary N) is 1. The lowest BCUT2D eigenvalue weighted by Gasteiger charge is -2.46. The van der Waals surface area contributed by atoms with E-state index in [0.717, 1.165) is 0 Å². The maximum atomic E-state index is 3.95. The van der Waals surface area contributed by atoms with Crippen molar-refractivity contribution in [1.29, 1.82) is 0 Å². The van der Waals surface area contributed by atoms with Crippen molar-refractivity contribution < 1.29 is 0 Å². The molecule has 1 saturated carbocycles. The van der Waals surface area contributed by atoms with Crippen LogP contribution in [0.4, 0.5) is 5.69 Å². The third-order valence-corrected chi connectivity index (χ3v) is 5.06. The highest BCUT2D eigenvalue weighted by Gasteiger charge is 2.38. The number of rotatable bonds is 0. The fourth-order valence-corrected chi connectivity index (χ4v) is 4.20. The molecule has 1 aromatic rings. The molecule has 0 radical (unpaired) electrons. The van der Waals surface area contributed by atoms with Gasteiger partial charge >= 0.3 is 0 Å². The molecule has 0 unspecified atom stereocenters. The SMILES string of the molecule is Cc1ccc(C)c2c1NC1(CCCCC1)C[C@H]2C. The molecule has 1 atom stereocenters. The fraction of sp³-hybridized carbons (Fsp3) is 0.647. The second-order valence-electron chi connectivity index (χ2n) is 6.56. The lowest BCUT2D eigenvalue weighted by molar-refractivity contribution is 0.281. The van der Waals surface area contributed by atoms with Gasteiger partial charge in [0.25, 0.3) is 0 Å². The topological polar surface area (TPSA) is 12.0 Å². The second-order valence-corrected chi connectivity index (χ2v) is 6.56. The van der Waals surface area contributed by atoms with Gasteiger partial charge in [0.2, 0.25) is 0 Å². The zero-order valence-corrected chi connectivity index (χ0v) is 12.0. The number of anilines is 1. The van der Waals surface area contributed by atoms with E-state index in [9.17, 15) is 0 Å². The number of benzene rings is 1. The molecule has 1 N–H and O–H groups in total. The van der Waals surface area contributed by atoms with E-state index < -0.39 is 0 Å². The van der Waals surface area contributed by atoms with Crippen molar-refractivity contribution in [2.75, 3.05) is 5.32 Å². The minimum atomic E-state index is 0.406. The monoisotopic (exact) mass is 243 g/mol. The molecule has 0 aromatic heterocycles.